The van der Waals surface area contributed by atoms with Crippen molar-refractivity contribution >= 4 is 86.4 Å². The molecule has 61 heavy (non-hydrogen) atoms. The number of para-hydroxylation sites is 1. The summed E-state index contributed by atoms with van der Waals surface area (Å²) >= 11 is 0. The molecule has 0 unspecified atom stereocenters. The molecule has 1 aromatic heterocycles. The summed E-state index contributed by atoms with van der Waals surface area (Å²) in [5.41, 5.74) is 11.4. The van der Waals surface area contributed by atoms with E-state index in [1.807, 2.05) is 6.07 Å². The lowest BCUT2D eigenvalue weighted by Crippen LogP contribution is -1.93. The molecular weight excluding hydrogens is 737 g/mol. The fourth-order valence-electron chi connectivity index (χ4n) is 10.6. The fraction of sp³-hybridized carbons (Fsp3) is 0. The van der Waals surface area contributed by atoms with Gasteiger partial charge in [0.25, 0.3) is 0 Å². The molecule has 280 valence electrons. The largest absolute Gasteiger partial charge is 0.309 e. The molecule has 2 nitrogen and oxygen atoms in total. The van der Waals surface area contributed by atoms with E-state index in [9.17, 15) is 5.26 Å². The molecule has 0 N–H and O–H groups in total. The van der Waals surface area contributed by atoms with Gasteiger partial charge < -0.3 is 4.57 Å². The van der Waals surface area contributed by atoms with Crippen LogP contribution in [0.15, 0.2) is 206 Å². The second-order valence-corrected chi connectivity index (χ2v) is 16.2. The monoisotopic (exact) mass is 770 g/mol. The Balaban J connectivity index is 1.06. The number of fused-ring (bicyclic) bond motifs is 7. The first kappa shape index (κ1) is 33.7. The summed E-state index contributed by atoms with van der Waals surface area (Å²) in [6, 6.07) is 77.7. The standard InChI is InChI=1S/C59H34N2/c60-35-37-25-31-56-58-40(37)26-29-51-49(30-32-57(59(51)58)61(56)38-15-2-1-3-16-38)48-27-28-50(43-19-7-6-18-42(43)48)53-34-55-46-22-10-8-20-44(46)52(33-54(55)47-23-11-9-21-45(47)53)41-24-12-14-36-13-4-5-17-39(36)41/h1-34H. The summed E-state index contributed by atoms with van der Waals surface area (Å²) in [6.45, 7) is 0. The van der Waals surface area contributed by atoms with E-state index in [4.69, 9.17) is 0 Å². The van der Waals surface area contributed by atoms with Gasteiger partial charge in [0.15, 0.2) is 0 Å². The molecule has 0 atom stereocenters. The molecule has 0 saturated heterocycles. The van der Waals surface area contributed by atoms with Crippen molar-refractivity contribution in [1.29, 1.82) is 5.26 Å². The van der Waals surface area contributed by atoms with Gasteiger partial charge in [-0.25, -0.2) is 0 Å². The van der Waals surface area contributed by atoms with Crippen LogP contribution in [0.1, 0.15) is 5.56 Å². The van der Waals surface area contributed by atoms with Gasteiger partial charge in [-0.3, -0.25) is 0 Å². The topological polar surface area (TPSA) is 28.7 Å². The van der Waals surface area contributed by atoms with Crippen molar-refractivity contribution in [2.45, 2.75) is 0 Å². The number of benzene rings is 12. The summed E-state index contributed by atoms with van der Waals surface area (Å²) in [7, 11) is 0. The Kier molecular flexibility index (Phi) is 7.11. The predicted octanol–water partition coefficient (Wildman–Crippen LogP) is 16.0. The van der Waals surface area contributed by atoms with Gasteiger partial charge in [0.2, 0.25) is 0 Å². The highest BCUT2D eigenvalue weighted by Crippen LogP contribution is 2.48. The van der Waals surface area contributed by atoms with Crippen molar-refractivity contribution in [3.05, 3.63) is 212 Å². The van der Waals surface area contributed by atoms with Gasteiger partial charge in [-0.1, -0.05) is 164 Å². The van der Waals surface area contributed by atoms with Crippen LogP contribution in [0.25, 0.3) is 126 Å². The Bertz CT molecular complexity index is 3990. The zero-order chi connectivity index (χ0) is 40.2. The lowest BCUT2D eigenvalue weighted by molar-refractivity contribution is 1.18. The van der Waals surface area contributed by atoms with E-state index in [1.165, 1.54) is 98.0 Å². The Morgan fingerprint density at radius 1 is 0.295 bits per heavy atom. The molecule has 0 saturated carbocycles. The Hall–Kier alpha value is -8.25. The summed E-state index contributed by atoms with van der Waals surface area (Å²) in [6.07, 6.45) is 0. The molecule has 13 rings (SSSR count). The summed E-state index contributed by atoms with van der Waals surface area (Å²) < 4.78 is 2.34. The predicted molar refractivity (Wildman–Crippen MR) is 258 cm³/mol. The van der Waals surface area contributed by atoms with Crippen molar-refractivity contribution in [1.82, 2.24) is 4.57 Å². The van der Waals surface area contributed by atoms with E-state index < -0.39 is 0 Å². The maximum atomic E-state index is 10.2. The molecule has 0 bridgehead atoms. The first-order valence-corrected chi connectivity index (χ1v) is 20.9. The van der Waals surface area contributed by atoms with Crippen molar-refractivity contribution in [3.8, 4) is 45.1 Å². The third kappa shape index (κ3) is 4.78. The molecule has 0 spiro atoms. The van der Waals surface area contributed by atoms with E-state index in [1.54, 1.807) is 0 Å². The smallest absolute Gasteiger partial charge is 0.0998 e. The molecule has 0 aliphatic carbocycles. The number of rotatable bonds is 4. The number of aromatic nitrogens is 1. The Labute approximate surface area is 351 Å². The van der Waals surface area contributed by atoms with Crippen molar-refractivity contribution < 1.29 is 0 Å². The minimum absolute atomic E-state index is 0.696. The van der Waals surface area contributed by atoms with E-state index in [2.05, 4.69) is 211 Å². The average molecular weight is 771 g/mol. The molecule has 1 heterocycles. The molecule has 12 aromatic carbocycles. The number of hydrogen-bond acceptors (Lipinski definition) is 1. The first-order chi connectivity index (χ1) is 30.2. The van der Waals surface area contributed by atoms with Gasteiger partial charge in [0, 0.05) is 21.8 Å². The lowest BCUT2D eigenvalue weighted by atomic mass is 9.85. The number of hydrogen-bond donors (Lipinski definition) is 0. The van der Waals surface area contributed by atoms with Gasteiger partial charge >= 0.3 is 0 Å². The van der Waals surface area contributed by atoms with Crippen LogP contribution < -0.4 is 0 Å². The zero-order valence-corrected chi connectivity index (χ0v) is 33.0. The van der Waals surface area contributed by atoms with Gasteiger partial charge in [-0.2, -0.15) is 5.26 Å². The van der Waals surface area contributed by atoms with Crippen LogP contribution >= 0.6 is 0 Å². The van der Waals surface area contributed by atoms with Crippen molar-refractivity contribution in [2.24, 2.45) is 0 Å². The lowest BCUT2D eigenvalue weighted by Gasteiger charge is -2.19. The quantitative estimate of drug-likeness (QED) is 0.164. The molecular formula is C59H34N2. The van der Waals surface area contributed by atoms with Crippen LogP contribution in [0.3, 0.4) is 0 Å². The highest BCUT2D eigenvalue weighted by molar-refractivity contribution is 6.29. The minimum Gasteiger partial charge on any atom is -0.309 e. The number of nitrogens with zero attached hydrogens (tertiary/aromatic N) is 2. The van der Waals surface area contributed by atoms with E-state index >= 15 is 0 Å². The maximum absolute atomic E-state index is 10.2. The average Bonchev–Trinajstić information content (AvgIpc) is 3.67. The van der Waals surface area contributed by atoms with E-state index in [0.717, 1.165) is 27.5 Å². The van der Waals surface area contributed by atoms with Crippen LogP contribution in [0.4, 0.5) is 0 Å². The summed E-state index contributed by atoms with van der Waals surface area (Å²) in [5, 5.41) is 27.1. The Morgan fingerprint density at radius 2 is 0.738 bits per heavy atom. The third-order valence-electron chi connectivity index (χ3n) is 13.2. The van der Waals surface area contributed by atoms with Crippen LogP contribution in [0, 0.1) is 11.3 Å². The van der Waals surface area contributed by atoms with Crippen LogP contribution in [0.2, 0.25) is 0 Å². The van der Waals surface area contributed by atoms with Crippen LogP contribution in [-0.4, -0.2) is 4.57 Å². The second-order valence-electron chi connectivity index (χ2n) is 16.2. The molecule has 13 aromatic rings. The maximum Gasteiger partial charge on any atom is 0.0998 e. The second kappa shape index (κ2) is 12.9. The highest BCUT2D eigenvalue weighted by atomic mass is 15.0. The number of nitriles is 1. The first-order valence-electron chi connectivity index (χ1n) is 20.9. The zero-order valence-electron chi connectivity index (χ0n) is 33.0. The van der Waals surface area contributed by atoms with Crippen molar-refractivity contribution in [3.63, 3.8) is 0 Å². The highest BCUT2D eigenvalue weighted by Gasteiger charge is 2.22. The SMILES string of the molecule is N#Cc1ccc2c3c1ccc1c(-c4ccc(-c5cc6c7ccccc7c(-c7cccc8ccccc78)cc6c6ccccc56)c5ccccc45)ccc(c13)n2-c1ccccc1. The van der Waals surface area contributed by atoms with Gasteiger partial charge in [0.1, 0.15) is 0 Å². The molecule has 0 radical (unpaired) electrons. The minimum atomic E-state index is 0.696. The fourth-order valence-corrected chi connectivity index (χ4v) is 10.6. The van der Waals surface area contributed by atoms with Crippen LogP contribution in [-0.2, 0) is 0 Å². The summed E-state index contributed by atoms with van der Waals surface area (Å²) in [4.78, 5) is 0. The molecule has 0 amide bonds. The Morgan fingerprint density at radius 3 is 1.38 bits per heavy atom. The van der Waals surface area contributed by atoms with E-state index in [-0.39, 0.29) is 0 Å². The van der Waals surface area contributed by atoms with Gasteiger partial charge in [-0.05, 0) is 135 Å². The van der Waals surface area contributed by atoms with Gasteiger partial charge in [-0.15, -0.1) is 0 Å². The molecule has 0 fully saturated rings. The van der Waals surface area contributed by atoms with Crippen LogP contribution in [0.5, 0.6) is 0 Å². The molecule has 0 aliphatic heterocycles. The van der Waals surface area contributed by atoms with Crippen molar-refractivity contribution in [2.75, 3.05) is 0 Å². The molecule has 0 aliphatic rings. The van der Waals surface area contributed by atoms with Gasteiger partial charge in [0.05, 0.1) is 22.7 Å². The summed E-state index contributed by atoms with van der Waals surface area (Å²) in [5.74, 6) is 0. The normalized spacial score (nSPS) is 11.9. The third-order valence-corrected chi connectivity index (χ3v) is 13.2. The molecule has 2 heteroatoms. The van der Waals surface area contributed by atoms with E-state index in [0.29, 0.717) is 5.56 Å².